The van der Waals surface area contributed by atoms with E-state index in [0.717, 1.165) is 30.9 Å². The van der Waals surface area contributed by atoms with E-state index in [4.69, 9.17) is 5.11 Å². The van der Waals surface area contributed by atoms with Crippen molar-refractivity contribution in [3.05, 3.63) is 23.8 Å². The lowest BCUT2D eigenvalue weighted by atomic mass is 9.46. The predicted molar refractivity (Wildman–Crippen MR) is 97.3 cm³/mol. The van der Waals surface area contributed by atoms with Crippen molar-refractivity contribution in [3.8, 4) is 0 Å². The van der Waals surface area contributed by atoms with Gasteiger partial charge in [-0.05, 0) is 55.4 Å². The monoisotopic (exact) mass is 368 g/mol. The van der Waals surface area contributed by atoms with Crippen LogP contribution in [0.15, 0.2) is 23.8 Å². The molecule has 6 atom stereocenters. The molecule has 0 saturated heterocycles. The van der Waals surface area contributed by atoms with Gasteiger partial charge in [-0.15, -0.1) is 0 Å². The average molecular weight is 368 g/mol. The minimum Gasteiger partial charge on any atom is -0.478 e. The molecule has 0 aliphatic heterocycles. The van der Waals surface area contributed by atoms with Gasteiger partial charge in [0.1, 0.15) is 0 Å². The van der Waals surface area contributed by atoms with E-state index in [-0.39, 0.29) is 35.9 Å². The number of allylic oxidation sites excluding steroid dienone is 1. The molecule has 0 spiro atoms. The fourth-order valence-electron chi connectivity index (χ4n) is 5.45. The molecule has 6 heteroatoms. The number of hydrogen-bond acceptors (Lipinski definition) is 5. The second-order valence-electron chi connectivity index (χ2n) is 8.43. The number of carboxylic acids is 1. The molecule has 5 N–H and O–H groups in total. The molecule has 148 valence electrons. The van der Waals surface area contributed by atoms with Gasteiger partial charge in [0, 0.05) is 5.41 Å². The normalized spacial score (nSPS) is 39.4. The van der Waals surface area contributed by atoms with Crippen LogP contribution in [0.25, 0.3) is 0 Å². The van der Waals surface area contributed by atoms with E-state index < -0.39 is 30.2 Å². The molecule has 2 aliphatic carbocycles. The van der Waals surface area contributed by atoms with Gasteiger partial charge in [-0.1, -0.05) is 26.0 Å². The van der Waals surface area contributed by atoms with Crippen LogP contribution in [0.2, 0.25) is 0 Å². The molecule has 0 aromatic rings. The summed E-state index contributed by atoms with van der Waals surface area (Å²) in [6, 6.07) is 0. The Balaban J connectivity index is 2.34. The zero-order valence-electron chi connectivity index (χ0n) is 15.7. The Kier molecular flexibility index (Phi) is 6.33. The summed E-state index contributed by atoms with van der Waals surface area (Å²) in [6.07, 6.45) is 2.39. The van der Waals surface area contributed by atoms with E-state index in [1.54, 1.807) is 0 Å². The van der Waals surface area contributed by atoms with Crippen LogP contribution >= 0.6 is 0 Å². The molecule has 2 fully saturated rings. The molecule has 2 saturated carbocycles. The van der Waals surface area contributed by atoms with Crippen LogP contribution in [0, 0.1) is 22.7 Å². The number of hydrogen-bond donors (Lipinski definition) is 5. The van der Waals surface area contributed by atoms with Gasteiger partial charge in [0.25, 0.3) is 0 Å². The molecule has 2 aliphatic rings. The highest BCUT2D eigenvalue weighted by molar-refractivity contribution is 5.87. The number of aliphatic hydroxyl groups is 4. The molecule has 0 heterocycles. The van der Waals surface area contributed by atoms with Gasteiger partial charge in [0.2, 0.25) is 0 Å². The summed E-state index contributed by atoms with van der Waals surface area (Å²) >= 11 is 0. The summed E-state index contributed by atoms with van der Waals surface area (Å²) < 4.78 is 0. The van der Waals surface area contributed by atoms with Crippen molar-refractivity contribution >= 4 is 5.97 Å². The van der Waals surface area contributed by atoms with Crippen LogP contribution in [0.5, 0.6) is 0 Å². The van der Waals surface area contributed by atoms with E-state index in [1.807, 2.05) is 6.92 Å². The Hall–Kier alpha value is -1.21. The summed E-state index contributed by atoms with van der Waals surface area (Å²) in [5, 5.41) is 49.3. The van der Waals surface area contributed by atoms with Crippen molar-refractivity contribution < 1.29 is 30.3 Å². The van der Waals surface area contributed by atoms with Crippen LogP contribution in [-0.4, -0.2) is 56.9 Å². The molecule has 0 radical (unpaired) electrons. The third-order valence-electron chi connectivity index (χ3n) is 7.07. The summed E-state index contributed by atoms with van der Waals surface area (Å²) in [5.74, 6) is -1.30. The van der Waals surface area contributed by atoms with Crippen molar-refractivity contribution in [1.29, 1.82) is 0 Å². The third kappa shape index (κ3) is 3.48. The molecule has 0 bridgehead atoms. The van der Waals surface area contributed by atoms with Gasteiger partial charge in [0.05, 0.1) is 31.0 Å². The van der Waals surface area contributed by atoms with Gasteiger partial charge in [-0.2, -0.15) is 0 Å². The third-order valence-corrected chi connectivity index (χ3v) is 7.07. The molecule has 6 nitrogen and oxygen atoms in total. The second kappa shape index (κ2) is 7.80. The van der Waals surface area contributed by atoms with Gasteiger partial charge in [-0.3, -0.25) is 0 Å². The highest BCUT2D eigenvalue weighted by Gasteiger charge is 2.57. The Morgan fingerprint density at radius 3 is 2.54 bits per heavy atom. The van der Waals surface area contributed by atoms with E-state index >= 15 is 0 Å². The van der Waals surface area contributed by atoms with Gasteiger partial charge in [-0.25, -0.2) is 4.79 Å². The quantitative estimate of drug-likeness (QED) is 0.358. The van der Waals surface area contributed by atoms with Crippen molar-refractivity contribution in [2.45, 2.75) is 58.2 Å². The molecule has 0 amide bonds. The lowest BCUT2D eigenvalue weighted by molar-refractivity contribution is -0.154. The fraction of sp³-hybridized carbons (Fsp3) is 0.750. The van der Waals surface area contributed by atoms with Gasteiger partial charge in [0.15, 0.2) is 0 Å². The maximum Gasteiger partial charge on any atom is 0.333 e. The zero-order valence-corrected chi connectivity index (χ0v) is 15.7. The predicted octanol–water partition coefficient (Wildman–Crippen LogP) is 1.48. The number of carbonyl (C=O) groups is 1. The zero-order chi connectivity index (χ0) is 19.7. The van der Waals surface area contributed by atoms with Crippen LogP contribution in [0.4, 0.5) is 0 Å². The second-order valence-corrected chi connectivity index (χ2v) is 8.43. The standard InChI is InChI=1S/C20H32O6/c1-12-4-5-16-19(2,8-6-17(24)20(16,3)11-22)14(12)10-15(23)13(7-9-21)18(25)26/h7,14-17,21-24H,1,4-6,8-11H2,2-3H3,(H,25,26)/b13-7-. The first-order valence-electron chi connectivity index (χ1n) is 9.30. The lowest BCUT2D eigenvalue weighted by Crippen LogP contribution is -2.57. The molecular weight excluding hydrogens is 336 g/mol. The molecule has 2 rings (SSSR count). The molecule has 26 heavy (non-hydrogen) atoms. The first kappa shape index (κ1) is 21.1. The number of fused-ring (bicyclic) bond motifs is 1. The van der Waals surface area contributed by atoms with Crippen molar-refractivity contribution in [1.82, 2.24) is 0 Å². The molecule has 0 aromatic carbocycles. The minimum atomic E-state index is -1.24. The fourth-order valence-corrected chi connectivity index (χ4v) is 5.45. The lowest BCUT2D eigenvalue weighted by Gasteiger charge is -2.60. The molecular formula is C20H32O6. The number of aliphatic carboxylic acids is 1. The Morgan fingerprint density at radius 1 is 1.35 bits per heavy atom. The average Bonchev–Trinajstić information content (AvgIpc) is 2.59. The van der Waals surface area contributed by atoms with Gasteiger partial charge < -0.3 is 25.5 Å². The number of aliphatic hydroxyl groups excluding tert-OH is 4. The van der Waals surface area contributed by atoms with Crippen molar-refractivity contribution in [2.75, 3.05) is 13.2 Å². The minimum absolute atomic E-state index is 0.0570. The van der Waals surface area contributed by atoms with Crippen molar-refractivity contribution in [3.63, 3.8) is 0 Å². The van der Waals surface area contributed by atoms with E-state index in [0.29, 0.717) is 6.42 Å². The topological polar surface area (TPSA) is 118 Å². The maximum atomic E-state index is 11.4. The van der Waals surface area contributed by atoms with Gasteiger partial charge >= 0.3 is 5.97 Å². The summed E-state index contributed by atoms with van der Waals surface area (Å²) in [6.45, 7) is 7.64. The van der Waals surface area contributed by atoms with Crippen LogP contribution < -0.4 is 0 Å². The first-order valence-corrected chi connectivity index (χ1v) is 9.30. The SMILES string of the molecule is C=C1CCC2C(C)(CO)C(O)CCC2(C)C1CC(O)/C(=C/CO)C(=O)O. The van der Waals surface area contributed by atoms with Crippen LogP contribution in [0.1, 0.15) is 46.0 Å². The number of carboxylic acid groups (broad SMARTS) is 1. The Bertz CT molecular complexity index is 585. The van der Waals surface area contributed by atoms with Crippen molar-refractivity contribution in [2.24, 2.45) is 22.7 Å². The summed E-state index contributed by atoms with van der Waals surface area (Å²) in [7, 11) is 0. The first-order chi connectivity index (χ1) is 12.1. The molecule has 6 unspecified atom stereocenters. The summed E-state index contributed by atoms with van der Waals surface area (Å²) in [4.78, 5) is 11.4. The van der Waals surface area contributed by atoms with Crippen LogP contribution in [-0.2, 0) is 4.79 Å². The Morgan fingerprint density at radius 2 is 2.00 bits per heavy atom. The van der Waals surface area contributed by atoms with E-state index in [2.05, 4.69) is 13.5 Å². The smallest absolute Gasteiger partial charge is 0.333 e. The van der Waals surface area contributed by atoms with E-state index in [1.165, 1.54) is 0 Å². The maximum absolute atomic E-state index is 11.4. The largest absolute Gasteiger partial charge is 0.478 e. The highest BCUT2D eigenvalue weighted by Crippen LogP contribution is 2.61. The number of rotatable bonds is 6. The van der Waals surface area contributed by atoms with Crippen LogP contribution in [0.3, 0.4) is 0 Å². The summed E-state index contributed by atoms with van der Waals surface area (Å²) in [5.41, 5.74) is -0.122. The highest BCUT2D eigenvalue weighted by atomic mass is 16.4. The Labute approximate surface area is 154 Å². The van der Waals surface area contributed by atoms with E-state index in [9.17, 15) is 25.2 Å². The molecule has 0 aromatic heterocycles.